The van der Waals surface area contributed by atoms with E-state index in [-0.39, 0.29) is 12.1 Å². The van der Waals surface area contributed by atoms with Crippen LogP contribution in [0.2, 0.25) is 0 Å². The summed E-state index contributed by atoms with van der Waals surface area (Å²) >= 11 is 0. The molecule has 1 fully saturated rings. The Labute approximate surface area is 248 Å². The van der Waals surface area contributed by atoms with Gasteiger partial charge in [0.25, 0.3) is 0 Å². The number of hydrogen-bond acceptors (Lipinski definition) is 7. The van der Waals surface area contributed by atoms with E-state index in [4.69, 9.17) is 21.5 Å². The Morgan fingerprint density at radius 3 is 2.24 bits per heavy atom. The molecule has 1 aromatic carbocycles. The average molecular weight is 558 g/mol. The summed E-state index contributed by atoms with van der Waals surface area (Å²) in [5.74, 6) is 0.424. The van der Waals surface area contributed by atoms with E-state index < -0.39 is 0 Å². The molecule has 0 bridgehead atoms. The van der Waals surface area contributed by atoms with E-state index in [0.29, 0.717) is 17.3 Å². The largest absolute Gasteiger partial charge is 0.405 e. The van der Waals surface area contributed by atoms with E-state index in [1.165, 1.54) is 25.5 Å². The van der Waals surface area contributed by atoms with E-state index in [0.717, 1.165) is 59.9 Å². The standard InChI is InChI=1S/C34H51N7/c1-9-30(10-2)40-32(20-21-35)25(4)39-34(29-14-12-11-13-15-29)27(6)38-31-18-16-28(17-19-31)33(24(3)36)26(5)37-22-23-41(7)8/h9-10,16-21,29-30,34,38-39H,1-2,4,6,11-15,22-23,35-36H2,3,5,7-8H3/b21-20-,33-24+,37-26?,40-32?. The Morgan fingerprint density at radius 1 is 1.07 bits per heavy atom. The van der Waals surface area contributed by atoms with Crippen LogP contribution in [0.15, 0.2) is 102 Å². The van der Waals surface area contributed by atoms with Crippen LogP contribution < -0.4 is 22.1 Å². The van der Waals surface area contributed by atoms with E-state index in [2.05, 4.69) is 66.1 Å². The highest BCUT2D eigenvalue weighted by molar-refractivity contribution is 6.23. The van der Waals surface area contributed by atoms with Gasteiger partial charge in [-0.15, -0.1) is 13.2 Å². The Morgan fingerprint density at radius 2 is 1.71 bits per heavy atom. The summed E-state index contributed by atoms with van der Waals surface area (Å²) < 4.78 is 0. The van der Waals surface area contributed by atoms with Gasteiger partial charge in [0.05, 0.1) is 30.0 Å². The van der Waals surface area contributed by atoms with Gasteiger partial charge >= 0.3 is 0 Å². The molecule has 1 atom stereocenters. The molecular weight excluding hydrogens is 506 g/mol. The highest BCUT2D eigenvalue weighted by Crippen LogP contribution is 2.30. The lowest BCUT2D eigenvalue weighted by atomic mass is 9.82. The van der Waals surface area contributed by atoms with Crippen molar-refractivity contribution in [2.24, 2.45) is 27.4 Å². The van der Waals surface area contributed by atoms with Gasteiger partial charge in [-0.05, 0) is 76.7 Å². The molecule has 1 aliphatic carbocycles. The van der Waals surface area contributed by atoms with Crippen LogP contribution in [0.5, 0.6) is 0 Å². The van der Waals surface area contributed by atoms with Crippen molar-refractivity contribution >= 4 is 22.7 Å². The highest BCUT2D eigenvalue weighted by Gasteiger charge is 2.27. The molecule has 0 aromatic heterocycles. The minimum Gasteiger partial charge on any atom is -0.405 e. The zero-order valence-electron chi connectivity index (χ0n) is 25.6. The molecule has 2 rings (SSSR count). The quantitative estimate of drug-likeness (QED) is 0.147. The van der Waals surface area contributed by atoms with Crippen LogP contribution in [-0.4, -0.2) is 55.6 Å². The third-order valence-corrected chi connectivity index (χ3v) is 7.29. The van der Waals surface area contributed by atoms with Crippen molar-refractivity contribution in [3.8, 4) is 0 Å². The molecule has 41 heavy (non-hydrogen) atoms. The Bertz CT molecular complexity index is 1150. The second-order valence-electron chi connectivity index (χ2n) is 10.9. The maximum absolute atomic E-state index is 6.29. The summed E-state index contributed by atoms with van der Waals surface area (Å²) in [6.45, 7) is 22.0. The zero-order chi connectivity index (χ0) is 30.4. The summed E-state index contributed by atoms with van der Waals surface area (Å²) in [6, 6.07) is 8.02. The van der Waals surface area contributed by atoms with Crippen molar-refractivity contribution in [2.75, 3.05) is 32.5 Å². The molecule has 0 radical (unpaired) electrons. The van der Waals surface area contributed by atoms with Crippen molar-refractivity contribution in [3.63, 3.8) is 0 Å². The molecular formula is C34H51N7. The van der Waals surface area contributed by atoms with Crippen LogP contribution in [0.1, 0.15) is 51.5 Å². The molecule has 1 aromatic rings. The van der Waals surface area contributed by atoms with Gasteiger partial charge in [-0.2, -0.15) is 0 Å². The van der Waals surface area contributed by atoms with Crippen LogP contribution in [0.3, 0.4) is 0 Å². The van der Waals surface area contributed by atoms with Gasteiger partial charge in [-0.3, -0.25) is 9.98 Å². The monoisotopic (exact) mass is 557 g/mol. The Kier molecular flexibility index (Phi) is 13.9. The van der Waals surface area contributed by atoms with Gasteiger partial charge < -0.3 is 27.0 Å². The average Bonchev–Trinajstić information content (AvgIpc) is 2.94. The predicted molar refractivity (Wildman–Crippen MR) is 180 cm³/mol. The first-order valence-electron chi connectivity index (χ1n) is 14.5. The molecule has 0 saturated heterocycles. The minimum atomic E-state index is -0.231. The summed E-state index contributed by atoms with van der Waals surface area (Å²) in [5, 5.41) is 7.18. The van der Waals surface area contributed by atoms with Gasteiger partial charge in [0.1, 0.15) is 0 Å². The van der Waals surface area contributed by atoms with Crippen LogP contribution >= 0.6 is 0 Å². The van der Waals surface area contributed by atoms with Gasteiger partial charge in [-0.25, -0.2) is 0 Å². The smallest absolute Gasteiger partial charge is 0.0864 e. The number of nitrogens with one attached hydrogen (secondary N) is 2. The van der Waals surface area contributed by atoms with Crippen LogP contribution in [0, 0.1) is 5.92 Å². The van der Waals surface area contributed by atoms with Gasteiger partial charge in [0.2, 0.25) is 0 Å². The molecule has 1 aliphatic rings. The normalized spacial score (nSPS) is 16.4. The number of rotatable bonds is 16. The van der Waals surface area contributed by atoms with E-state index in [9.17, 15) is 0 Å². The number of benzene rings is 1. The summed E-state index contributed by atoms with van der Waals surface area (Å²) in [7, 11) is 4.09. The van der Waals surface area contributed by atoms with Gasteiger partial charge in [0.15, 0.2) is 0 Å². The number of aliphatic imine (C=N–C) groups is 2. The van der Waals surface area contributed by atoms with Gasteiger partial charge in [-0.1, -0.05) is 56.7 Å². The zero-order valence-corrected chi connectivity index (χ0v) is 25.6. The molecule has 7 heteroatoms. The fourth-order valence-electron chi connectivity index (χ4n) is 5.10. The highest BCUT2D eigenvalue weighted by atomic mass is 15.1. The molecule has 222 valence electrons. The molecule has 0 aliphatic heterocycles. The predicted octanol–water partition coefficient (Wildman–Crippen LogP) is 6.03. The molecule has 7 nitrogen and oxygen atoms in total. The lowest BCUT2D eigenvalue weighted by Gasteiger charge is -2.34. The number of nitrogens with zero attached hydrogens (tertiary/aromatic N) is 3. The Hall–Kier alpha value is -3.84. The third kappa shape index (κ3) is 10.6. The fraction of sp³-hybridized carbons (Fsp3) is 0.412. The number of allylic oxidation sites excluding steroid dienone is 3. The molecule has 0 amide bonds. The second-order valence-corrected chi connectivity index (χ2v) is 10.9. The maximum Gasteiger partial charge on any atom is 0.0864 e. The van der Waals surface area contributed by atoms with E-state index in [1.807, 2.05) is 27.9 Å². The first kappa shape index (κ1) is 33.4. The van der Waals surface area contributed by atoms with Crippen molar-refractivity contribution in [1.82, 2.24) is 10.2 Å². The molecule has 0 spiro atoms. The van der Waals surface area contributed by atoms with Crippen LogP contribution in [-0.2, 0) is 0 Å². The topological polar surface area (TPSA) is 104 Å². The number of nitrogens with two attached hydrogens (primary N) is 2. The van der Waals surface area contributed by atoms with Crippen LogP contribution in [0.25, 0.3) is 5.57 Å². The van der Waals surface area contributed by atoms with Crippen molar-refractivity contribution in [3.05, 3.63) is 97.7 Å². The van der Waals surface area contributed by atoms with Crippen LogP contribution in [0.4, 0.5) is 5.69 Å². The first-order chi connectivity index (χ1) is 19.6. The Balaban J connectivity index is 2.27. The molecule has 1 saturated carbocycles. The minimum absolute atomic E-state index is 0.0300. The lowest BCUT2D eigenvalue weighted by molar-refractivity contribution is 0.306. The summed E-state index contributed by atoms with van der Waals surface area (Å²) in [4.78, 5) is 11.6. The third-order valence-electron chi connectivity index (χ3n) is 7.29. The van der Waals surface area contributed by atoms with Gasteiger partial charge in [0, 0.05) is 34.9 Å². The van der Waals surface area contributed by atoms with Crippen molar-refractivity contribution < 1.29 is 0 Å². The SMILES string of the molecule is C=CC(C=C)N=C(/C=C\N)C(=C)NC(C(=C)Nc1ccc(/C(C(C)=NCCN(C)C)=C(\C)N)cc1)C1CCCCC1. The van der Waals surface area contributed by atoms with Crippen molar-refractivity contribution in [1.29, 1.82) is 0 Å². The van der Waals surface area contributed by atoms with Crippen molar-refractivity contribution in [2.45, 2.75) is 58.0 Å². The maximum atomic E-state index is 6.29. The molecule has 1 unspecified atom stereocenters. The lowest BCUT2D eigenvalue weighted by Crippen LogP contribution is -2.41. The molecule has 6 N–H and O–H groups in total. The summed E-state index contributed by atoms with van der Waals surface area (Å²) in [5.41, 5.74) is 18.9. The second kappa shape index (κ2) is 17.1. The number of anilines is 1. The number of likely N-dealkylation sites (N-methyl/N-ethyl adjacent to an activating group) is 1. The van der Waals surface area contributed by atoms with E-state index in [1.54, 1.807) is 18.2 Å². The number of hydrogen-bond donors (Lipinski definition) is 4. The summed E-state index contributed by atoms with van der Waals surface area (Å²) in [6.07, 6.45) is 12.6. The first-order valence-corrected chi connectivity index (χ1v) is 14.5. The fourth-order valence-corrected chi connectivity index (χ4v) is 5.10. The van der Waals surface area contributed by atoms with E-state index >= 15 is 0 Å². The molecule has 0 heterocycles.